The zero-order valence-corrected chi connectivity index (χ0v) is 8.30. The van der Waals surface area contributed by atoms with Crippen molar-refractivity contribution in [2.45, 2.75) is 6.54 Å². The van der Waals surface area contributed by atoms with E-state index in [1.165, 1.54) is 0 Å². The first-order chi connectivity index (χ1) is 7.31. The zero-order chi connectivity index (χ0) is 10.7. The number of phenols is 1. The molecule has 0 aliphatic carbocycles. The Kier molecular flexibility index (Phi) is 2.54. The Balaban J connectivity index is 2.40. The molecule has 0 spiro atoms. The van der Waals surface area contributed by atoms with Crippen LogP contribution in [0, 0.1) is 0 Å². The molecule has 0 unspecified atom stereocenters. The average Bonchev–Trinajstić information content (AvgIpc) is 2.68. The fraction of sp³-hybridized carbons (Fsp3) is 0.0833. The number of hydrogen-bond donors (Lipinski definition) is 1. The summed E-state index contributed by atoms with van der Waals surface area (Å²) in [6.45, 7) is 4.43. The molecule has 1 heterocycles. The van der Waals surface area contributed by atoms with Crippen LogP contribution in [0.3, 0.4) is 0 Å². The van der Waals surface area contributed by atoms with Gasteiger partial charge in [-0.2, -0.15) is 0 Å². The molecular formula is C12H12N2O. The van der Waals surface area contributed by atoms with Crippen molar-refractivity contribution in [3.8, 4) is 17.1 Å². The lowest BCUT2D eigenvalue weighted by Crippen LogP contribution is -1.96. The highest BCUT2D eigenvalue weighted by molar-refractivity contribution is 5.56. The number of hydrogen-bond acceptors (Lipinski definition) is 2. The molecule has 3 heteroatoms. The Hall–Kier alpha value is -2.03. The summed E-state index contributed by atoms with van der Waals surface area (Å²) in [7, 11) is 0. The zero-order valence-electron chi connectivity index (χ0n) is 8.30. The number of allylic oxidation sites excluding steroid dienone is 1. The van der Waals surface area contributed by atoms with Crippen molar-refractivity contribution in [3.05, 3.63) is 49.3 Å². The first kappa shape index (κ1) is 9.52. The van der Waals surface area contributed by atoms with Crippen molar-refractivity contribution < 1.29 is 5.11 Å². The van der Waals surface area contributed by atoms with E-state index in [1.807, 2.05) is 29.0 Å². The van der Waals surface area contributed by atoms with Gasteiger partial charge in [-0.3, -0.25) is 0 Å². The van der Waals surface area contributed by atoms with Gasteiger partial charge in [-0.1, -0.05) is 6.08 Å². The summed E-state index contributed by atoms with van der Waals surface area (Å²) in [5, 5.41) is 9.18. The van der Waals surface area contributed by atoms with Crippen LogP contribution in [-0.2, 0) is 6.54 Å². The molecule has 1 aromatic heterocycles. The second-order valence-electron chi connectivity index (χ2n) is 3.24. The largest absolute Gasteiger partial charge is 0.508 e. The minimum absolute atomic E-state index is 0.264. The van der Waals surface area contributed by atoms with E-state index in [9.17, 15) is 5.11 Å². The van der Waals surface area contributed by atoms with Crippen LogP contribution in [-0.4, -0.2) is 14.7 Å². The highest BCUT2D eigenvalue weighted by Gasteiger charge is 2.03. The van der Waals surface area contributed by atoms with Crippen LogP contribution in [0.5, 0.6) is 5.75 Å². The van der Waals surface area contributed by atoms with Crippen LogP contribution >= 0.6 is 0 Å². The van der Waals surface area contributed by atoms with Gasteiger partial charge in [0, 0.05) is 24.5 Å². The van der Waals surface area contributed by atoms with Crippen molar-refractivity contribution >= 4 is 0 Å². The monoisotopic (exact) mass is 200 g/mol. The third kappa shape index (κ3) is 1.91. The van der Waals surface area contributed by atoms with E-state index in [1.54, 1.807) is 18.3 Å². The Morgan fingerprint density at radius 3 is 2.73 bits per heavy atom. The van der Waals surface area contributed by atoms with Crippen molar-refractivity contribution in [1.82, 2.24) is 9.55 Å². The number of rotatable bonds is 3. The van der Waals surface area contributed by atoms with Gasteiger partial charge >= 0.3 is 0 Å². The fourth-order valence-corrected chi connectivity index (χ4v) is 1.47. The van der Waals surface area contributed by atoms with Crippen LogP contribution in [0.1, 0.15) is 0 Å². The number of benzene rings is 1. The van der Waals surface area contributed by atoms with Gasteiger partial charge in [-0.05, 0) is 24.3 Å². The summed E-state index contributed by atoms with van der Waals surface area (Å²) in [6, 6.07) is 7.00. The predicted octanol–water partition coefficient (Wildman–Crippen LogP) is 2.44. The number of imidazole rings is 1. The van der Waals surface area contributed by atoms with Gasteiger partial charge in [0.1, 0.15) is 11.6 Å². The molecule has 1 aromatic carbocycles. The summed E-state index contributed by atoms with van der Waals surface area (Å²) in [6.07, 6.45) is 5.49. The molecular weight excluding hydrogens is 188 g/mol. The second kappa shape index (κ2) is 4.00. The van der Waals surface area contributed by atoms with Gasteiger partial charge < -0.3 is 9.67 Å². The van der Waals surface area contributed by atoms with Crippen molar-refractivity contribution in [1.29, 1.82) is 0 Å². The lowest BCUT2D eigenvalue weighted by atomic mass is 10.2. The first-order valence-electron chi connectivity index (χ1n) is 4.72. The molecule has 76 valence electrons. The summed E-state index contributed by atoms with van der Waals surface area (Å²) >= 11 is 0. The molecule has 0 atom stereocenters. The normalized spacial score (nSPS) is 10.1. The van der Waals surface area contributed by atoms with E-state index >= 15 is 0 Å². The lowest BCUT2D eigenvalue weighted by Gasteiger charge is -2.04. The number of aromatic hydroxyl groups is 1. The number of phenolic OH excluding ortho intramolecular Hbond substituents is 1. The van der Waals surface area contributed by atoms with Gasteiger partial charge in [0.15, 0.2) is 0 Å². The van der Waals surface area contributed by atoms with Gasteiger partial charge in [0.05, 0.1) is 0 Å². The predicted molar refractivity (Wildman–Crippen MR) is 59.5 cm³/mol. The Morgan fingerprint density at radius 1 is 1.33 bits per heavy atom. The highest BCUT2D eigenvalue weighted by Crippen LogP contribution is 2.20. The Morgan fingerprint density at radius 2 is 2.07 bits per heavy atom. The van der Waals surface area contributed by atoms with E-state index in [0.717, 1.165) is 17.9 Å². The van der Waals surface area contributed by atoms with Crippen LogP contribution in [0.2, 0.25) is 0 Å². The quantitative estimate of drug-likeness (QED) is 0.773. The maximum atomic E-state index is 9.18. The van der Waals surface area contributed by atoms with Crippen LogP contribution in [0.4, 0.5) is 0 Å². The smallest absolute Gasteiger partial charge is 0.140 e. The summed E-state index contributed by atoms with van der Waals surface area (Å²) in [5.41, 5.74) is 0.986. The van der Waals surface area contributed by atoms with E-state index in [4.69, 9.17) is 0 Å². The van der Waals surface area contributed by atoms with Gasteiger partial charge in [0.2, 0.25) is 0 Å². The molecule has 0 amide bonds. The van der Waals surface area contributed by atoms with E-state index in [0.29, 0.717) is 0 Å². The molecule has 0 fully saturated rings. The maximum absolute atomic E-state index is 9.18. The molecule has 2 aromatic rings. The van der Waals surface area contributed by atoms with Crippen LogP contribution in [0.25, 0.3) is 11.4 Å². The standard InChI is InChI=1S/C12H12N2O/c1-2-8-14-9-7-13-12(14)10-3-5-11(15)6-4-10/h2-7,9,15H,1,8H2. The molecule has 0 aliphatic heterocycles. The number of aromatic nitrogens is 2. The number of nitrogens with zero attached hydrogens (tertiary/aromatic N) is 2. The minimum atomic E-state index is 0.264. The summed E-state index contributed by atoms with van der Waals surface area (Å²) in [4.78, 5) is 4.27. The van der Waals surface area contributed by atoms with E-state index < -0.39 is 0 Å². The van der Waals surface area contributed by atoms with Crippen molar-refractivity contribution in [2.24, 2.45) is 0 Å². The molecule has 0 bridgehead atoms. The highest BCUT2D eigenvalue weighted by atomic mass is 16.3. The molecule has 3 nitrogen and oxygen atoms in total. The molecule has 2 rings (SSSR count). The molecule has 0 radical (unpaired) electrons. The molecule has 15 heavy (non-hydrogen) atoms. The van der Waals surface area contributed by atoms with Crippen molar-refractivity contribution in [2.75, 3.05) is 0 Å². The molecule has 0 aliphatic rings. The van der Waals surface area contributed by atoms with Gasteiger partial charge in [-0.15, -0.1) is 6.58 Å². The molecule has 0 saturated carbocycles. The van der Waals surface area contributed by atoms with E-state index in [-0.39, 0.29) is 5.75 Å². The fourth-order valence-electron chi connectivity index (χ4n) is 1.47. The molecule has 1 N–H and O–H groups in total. The third-order valence-corrected chi connectivity index (χ3v) is 2.17. The first-order valence-corrected chi connectivity index (χ1v) is 4.72. The molecule has 0 saturated heterocycles. The van der Waals surface area contributed by atoms with E-state index in [2.05, 4.69) is 11.6 Å². The van der Waals surface area contributed by atoms with Gasteiger partial charge in [0.25, 0.3) is 0 Å². The minimum Gasteiger partial charge on any atom is -0.508 e. The Bertz CT molecular complexity index is 457. The second-order valence-corrected chi connectivity index (χ2v) is 3.24. The average molecular weight is 200 g/mol. The maximum Gasteiger partial charge on any atom is 0.140 e. The van der Waals surface area contributed by atoms with Crippen LogP contribution in [0.15, 0.2) is 49.3 Å². The summed E-state index contributed by atoms with van der Waals surface area (Å²) < 4.78 is 2.00. The SMILES string of the molecule is C=CCn1ccnc1-c1ccc(O)cc1. The van der Waals surface area contributed by atoms with Gasteiger partial charge in [-0.25, -0.2) is 4.98 Å². The van der Waals surface area contributed by atoms with Crippen molar-refractivity contribution in [3.63, 3.8) is 0 Å². The summed E-state index contributed by atoms with van der Waals surface area (Å²) in [5.74, 6) is 1.15. The third-order valence-electron chi connectivity index (χ3n) is 2.17. The topological polar surface area (TPSA) is 38.0 Å². The van der Waals surface area contributed by atoms with Crippen LogP contribution < -0.4 is 0 Å². The lowest BCUT2D eigenvalue weighted by molar-refractivity contribution is 0.475. The Labute approximate surface area is 88.3 Å².